The van der Waals surface area contributed by atoms with Crippen LogP contribution in [0.25, 0.3) is 0 Å². The fraction of sp³-hybridized carbons (Fsp3) is 0.381. The number of ether oxygens (including phenoxy) is 1. The van der Waals surface area contributed by atoms with E-state index >= 15 is 0 Å². The summed E-state index contributed by atoms with van der Waals surface area (Å²) in [5, 5.41) is 0. The van der Waals surface area contributed by atoms with Gasteiger partial charge in [-0.3, -0.25) is 9.69 Å². The Bertz CT molecular complexity index is 752. The van der Waals surface area contributed by atoms with Crippen molar-refractivity contribution in [3.63, 3.8) is 0 Å². The molecule has 152 valence electrons. The summed E-state index contributed by atoms with van der Waals surface area (Å²) in [7, 11) is 0. The van der Waals surface area contributed by atoms with Crippen molar-refractivity contribution in [3.8, 4) is 5.75 Å². The number of para-hydroxylation sites is 2. The number of rotatable bonds is 5. The number of carbonyl (C=O) groups excluding carboxylic acids is 1. The molecule has 5 nitrogen and oxygen atoms in total. The molecule has 28 heavy (non-hydrogen) atoms. The van der Waals surface area contributed by atoms with Crippen LogP contribution in [0.3, 0.4) is 0 Å². The standard InChI is InChI=1S/C21H25N3O2.2ClH/c25-21-19-9-4-5-10-20(19)26-17-24(21)12-6-11-22-13-15-23(16-14-22)18-7-2-1-3-8-18;;/h1-5,7-10H,6,11-17H2;2*1H. The third kappa shape index (κ3) is 5.10. The molecule has 2 aromatic rings. The number of carbonyl (C=O) groups is 1. The first-order chi connectivity index (χ1) is 12.8. The van der Waals surface area contributed by atoms with Crippen LogP contribution in [0.5, 0.6) is 5.75 Å². The normalized spacial score (nSPS) is 16.5. The first-order valence-corrected chi connectivity index (χ1v) is 9.35. The first-order valence-electron chi connectivity index (χ1n) is 9.35. The Labute approximate surface area is 179 Å². The number of amides is 1. The maximum absolute atomic E-state index is 12.5. The number of nitrogens with zero attached hydrogens (tertiary/aromatic N) is 3. The minimum absolute atomic E-state index is 0. The molecule has 2 aliphatic rings. The molecule has 1 saturated heterocycles. The molecule has 2 heterocycles. The van der Waals surface area contributed by atoms with Crippen LogP contribution in [0.1, 0.15) is 16.8 Å². The maximum Gasteiger partial charge on any atom is 0.260 e. The predicted molar refractivity (Wildman–Crippen MR) is 117 cm³/mol. The minimum atomic E-state index is 0. The van der Waals surface area contributed by atoms with Crippen molar-refractivity contribution in [1.29, 1.82) is 0 Å². The van der Waals surface area contributed by atoms with Gasteiger partial charge in [0.05, 0.1) is 5.56 Å². The fourth-order valence-corrected chi connectivity index (χ4v) is 3.67. The average Bonchev–Trinajstić information content (AvgIpc) is 2.71. The number of anilines is 1. The maximum atomic E-state index is 12.5. The van der Waals surface area contributed by atoms with Gasteiger partial charge in [0.1, 0.15) is 5.75 Å². The molecule has 0 atom stereocenters. The van der Waals surface area contributed by atoms with E-state index in [9.17, 15) is 4.79 Å². The monoisotopic (exact) mass is 423 g/mol. The van der Waals surface area contributed by atoms with Crippen LogP contribution in [-0.4, -0.2) is 61.7 Å². The van der Waals surface area contributed by atoms with Crippen LogP contribution < -0.4 is 9.64 Å². The van der Waals surface area contributed by atoms with Gasteiger partial charge in [-0.05, 0) is 37.2 Å². The van der Waals surface area contributed by atoms with E-state index < -0.39 is 0 Å². The summed E-state index contributed by atoms with van der Waals surface area (Å²) in [5.74, 6) is 0.784. The summed E-state index contributed by atoms with van der Waals surface area (Å²) in [6.45, 7) is 6.38. The predicted octanol–water partition coefficient (Wildman–Crippen LogP) is 3.53. The lowest BCUT2D eigenvalue weighted by Gasteiger charge is -2.36. The number of hydrogen-bond donors (Lipinski definition) is 0. The largest absolute Gasteiger partial charge is 0.472 e. The van der Waals surface area contributed by atoms with E-state index in [1.165, 1.54) is 5.69 Å². The van der Waals surface area contributed by atoms with Crippen LogP contribution in [-0.2, 0) is 0 Å². The second-order valence-corrected chi connectivity index (χ2v) is 6.86. The van der Waals surface area contributed by atoms with Gasteiger partial charge in [-0.15, -0.1) is 24.8 Å². The molecule has 2 aliphatic heterocycles. The molecule has 0 radical (unpaired) electrons. The zero-order chi connectivity index (χ0) is 17.8. The van der Waals surface area contributed by atoms with Gasteiger partial charge >= 0.3 is 0 Å². The third-order valence-electron chi connectivity index (χ3n) is 5.18. The topological polar surface area (TPSA) is 36.0 Å². The SMILES string of the molecule is Cl.Cl.O=C1c2ccccc2OCN1CCCN1CCN(c2ccccc2)CC1. The summed E-state index contributed by atoms with van der Waals surface area (Å²) in [6.07, 6.45) is 0.975. The Hall–Kier alpha value is -1.95. The highest BCUT2D eigenvalue weighted by Gasteiger charge is 2.25. The van der Waals surface area contributed by atoms with Gasteiger partial charge in [0.15, 0.2) is 6.73 Å². The van der Waals surface area contributed by atoms with Crippen molar-refractivity contribution < 1.29 is 9.53 Å². The highest BCUT2D eigenvalue weighted by molar-refractivity contribution is 5.97. The van der Waals surface area contributed by atoms with Crippen LogP contribution >= 0.6 is 24.8 Å². The zero-order valence-electron chi connectivity index (χ0n) is 15.8. The number of hydrogen-bond acceptors (Lipinski definition) is 4. The number of piperazine rings is 1. The average molecular weight is 424 g/mol. The first kappa shape index (κ1) is 22.3. The van der Waals surface area contributed by atoms with E-state index in [1.807, 2.05) is 29.2 Å². The highest BCUT2D eigenvalue weighted by atomic mass is 35.5. The molecule has 1 fully saturated rings. The Balaban J connectivity index is 0.00000140. The molecule has 7 heteroatoms. The lowest BCUT2D eigenvalue weighted by molar-refractivity contribution is 0.0509. The van der Waals surface area contributed by atoms with Gasteiger partial charge < -0.3 is 14.5 Å². The summed E-state index contributed by atoms with van der Waals surface area (Å²) >= 11 is 0. The van der Waals surface area contributed by atoms with E-state index in [-0.39, 0.29) is 30.7 Å². The molecule has 0 saturated carbocycles. The summed E-state index contributed by atoms with van der Waals surface area (Å²) in [6, 6.07) is 18.1. The Kier molecular flexibility index (Phi) is 8.42. The van der Waals surface area contributed by atoms with E-state index in [4.69, 9.17) is 4.74 Å². The number of halogens is 2. The summed E-state index contributed by atoms with van der Waals surface area (Å²) in [5.41, 5.74) is 1.98. The molecule has 2 aromatic carbocycles. The van der Waals surface area contributed by atoms with Gasteiger partial charge in [-0.25, -0.2) is 0 Å². The van der Waals surface area contributed by atoms with Gasteiger partial charge in [-0.2, -0.15) is 0 Å². The van der Waals surface area contributed by atoms with Crippen molar-refractivity contribution in [1.82, 2.24) is 9.80 Å². The van der Waals surface area contributed by atoms with Gasteiger partial charge in [0.2, 0.25) is 0 Å². The van der Waals surface area contributed by atoms with E-state index in [2.05, 4.69) is 40.1 Å². The van der Waals surface area contributed by atoms with Crippen LogP contribution in [0.2, 0.25) is 0 Å². The van der Waals surface area contributed by atoms with Crippen molar-refractivity contribution >= 4 is 36.4 Å². The molecule has 0 bridgehead atoms. The molecule has 0 spiro atoms. The van der Waals surface area contributed by atoms with Crippen molar-refractivity contribution in [2.45, 2.75) is 6.42 Å². The van der Waals surface area contributed by atoms with E-state index in [0.717, 1.165) is 45.7 Å². The lowest BCUT2D eigenvalue weighted by Crippen LogP contribution is -2.47. The van der Waals surface area contributed by atoms with E-state index in [1.54, 1.807) is 0 Å². The minimum Gasteiger partial charge on any atom is -0.472 e. The van der Waals surface area contributed by atoms with Crippen LogP contribution in [0.15, 0.2) is 54.6 Å². The molecule has 0 N–H and O–H groups in total. The van der Waals surface area contributed by atoms with Gasteiger partial charge in [0.25, 0.3) is 5.91 Å². The zero-order valence-corrected chi connectivity index (χ0v) is 17.5. The lowest BCUT2D eigenvalue weighted by atomic mass is 10.1. The van der Waals surface area contributed by atoms with Gasteiger partial charge in [0, 0.05) is 38.4 Å². The number of benzene rings is 2. The fourth-order valence-electron chi connectivity index (χ4n) is 3.67. The van der Waals surface area contributed by atoms with Crippen LogP contribution in [0.4, 0.5) is 5.69 Å². The number of fused-ring (bicyclic) bond motifs is 1. The third-order valence-corrected chi connectivity index (χ3v) is 5.18. The second kappa shape index (κ2) is 10.6. The van der Waals surface area contributed by atoms with Crippen molar-refractivity contribution in [2.24, 2.45) is 0 Å². The molecule has 0 aliphatic carbocycles. The summed E-state index contributed by atoms with van der Waals surface area (Å²) < 4.78 is 5.70. The summed E-state index contributed by atoms with van der Waals surface area (Å²) in [4.78, 5) is 19.3. The smallest absolute Gasteiger partial charge is 0.260 e. The molecule has 1 amide bonds. The van der Waals surface area contributed by atoms with Gasteiger partial charge in [-0.1, -0.05) is 30.3 Å². The molecule has 0 unspecified atom stereocenters. The van der Waals surface area contributed by atoms with E-state index in [0.29, 0.717) is 18.0 Å². The Morgan fingerprint density at radius 3 is 2.25 bits per heavy atom. The quantitative estimate of drug-likeness (QED) is 0.736. The van der Waals surface area contributed by atoms with Crippen molar-refractivity contribution in [2.75, 3.05) is 50.9 Å². The molecular weight excluding hydrogens is 397 g/mol. The Morgan fingerprint density at radius 2 is 1.50 bits per heavy atom. The van der Waals surface area contributed by atoms with Crippen molar-refractivity contribution in [3.05, 3.63) is 60.2 Å². The highest BCUT2D eigenvalue weighted by Crippen LogP contribution is 2.24. The molecular formula is C21H27Cl2N3O2. The van der Waals surface area contributed by atoms with Crippen LogP contribution in [0, 0.1) is 0 Å². The Morgan fingerprint density at radius 1 is 0.821 bits per heavy atom. The second-order valence-electron chi connectivity index (χ2n) is 6.86. The molecule has 4 rings (SSSR count). The molecule has 0 aromatic heterocycles.